The number of nitrogens with two attached hydrogens (primary N) is 1. The Morgan fingerprint density at radius 2 is 1.66 bits per heavy atom. The summed E-state index contributed by atoms with van der Waals surface area (Å²) in [5.74, 6) is 1.72. The molecule has 0 saturated carbocycles. The number of carbonyl (C=O) groups is 1. The Morgan fingerprint density at radius 3 is 2.51 bits per heavy atom. The summed E-state index contributed by atoms with van der Waals surface area (Å²) in [7, 11) is 0. The zero-order chi connectivity index (χ0) is 28.6. The first-order valence-electron chi connectivity index (χ1n) is 13.0. The topological polar surface area (TPSA) is 110 Å². The highest BCUT2D eigenvalue weighted by Crippen LogP contribution is 2.36. The van der Waals surface area contributed by atoms with Crippen LogP contribution in [0.3, 0.4) is 0 Å². The van der Waals surface area contributed by atoms with Gasteiger partial charge in [-0.15, -0.1) is 0 Å². The molecule has 0 aliphatic rings. The van der Waals surface area contributed by atoms with Crippen LogP contribution in [0.1, 0.15) is 29.5 Å². The molecule has 1 aromatic heterocycles. The molecule has 10 heteroatoms. The normalized spacial score (nSPS) is 11.0. The lowest BCUT2D eigenvalue weighted by molar-refractivity contribution is -0.108. The number of hydrogen-bond acceptors (Lipinski definition) is 8. The Bertz CT molecular complexity index is 1660. The number of halogens is 2. The van der Waals surface area contributed by atoms with Crippen LogP contribution in [0.4, 0.5) is 0 Å². The molecule has 4 aromatic carbocycles. The van der Waals surface area contributed by atoms with Gasteiger partial charge in [0.25, 0.3) is 0 Å². The highest BCUT2D eigenvalue weighted by molar-refractivity contribution is 6.34. The molecular formula is C31H27Cl2N3O5. The number of hydrogen-bond donors (Lipinski definition) is 1. The fraction of sp³-hybridized carbons (Fsp3) is 0.194. The van der Waals surface area contributed by atoms with Gasteiger partial charge in [-0.25, -0.2) is 4.63 Å². The maximum atomic E-state index is 10.5. The highest BCUT2D eigenvalue weighted by Gasteiger charge is 2.14. The van der Waals surface area contributed by atoms with Crippen molar-refractivity contribution in [1.29, 1.82) is 0 Å². The lowest BCUT2D eigenvalue weighted by atomic mass is 10.0. The molecule has 0 saturated heterocycles. The maximum Gasteiger partial charge on any atom is 0.142 e. The number of aromatic nitrogens is 2. The maximum absolute atomic E-state index is 10.5. The summed E-state index contributed by atoms with van der Waals surface area (Å²) >= 11 is 13.4. The molecule has 0 aliphatic heterocycles. The minimum absolute atomic E-state index is 0.186. The van der Waals surface area contributed by atoms with Gasteiger partial charge in [0, 0.05) is 35.7 Å². The SMILES string of the molecule is NCc1cc(Cl)c(OCc2cccc(-c3cccc(OCCCC=O)c3)c2Cl)cc1OCc1ccc2nonc2c1. The van der Waals surface area contributed by atoms with E-state index in [0.717, 1.165) is 34.1 Å². The van der Waals surface area contributed by atoms with E-state index in [9.17, 15) is 4.79 Å². The van der Waals surface area contributed by atoms with Crippen molar-refractivity contribution in [2.45, 2.75) is 32.6 Å². The van der Waals surface area contributed by atoms with Crippen molar-refractivity contribution in [1.82, 2.24) is 10.3 Å². The van der Waals surface area contributed by atoms with E-state index in [4.69, 9.17) is 47.8 Å². The van der Waals surface area contributed by atoms with Gasteiger partial charge in [0.15, 0.2) is 0 Å². The highest BCUT2D eigenvalue weighted by atomic mass is 35.5. The first-order valence-corrected chi connectivity index (χ1v) is 13.7. The zero-order valence-electron chi connectivity index (χ0n) is 22.0. The third-order valence-corrected chi connectivity index (χ3v) is 7.13. The molecule has 41 heavy (non-hydrogen) atoms. The van der Waals surface area contributed by atoms with Crippen molar-refractivity contribution in [3.05, 3.63) is 99.5 Å². The quantitative estimate of drug-likeness (QED) is 0.113. The van der Waals surface area contributed by atoms with Crippen LogP contribution in [-0.4, -0.2) is 23.2 Å². The molecule has 0 bridgehead atoms. The Hall–Kier alpha value is -4.11. The molecule has 210 valence electrons. The van der Waals surface area contributed by atoms with E-state index < -0.39 is 0 Å². The summed E-state index contributed by atoms with van der Waals surface area (Å²) in [5, 5.41) is 8.68. The lowest BCUT2D eigenvalue weighted by Gasteiger charge is -2.16. The van der Waals surface area contributed by atoms with Gasteiger partial charge < -0.3 is 24.7 Å². The van der Waals surface area contributed by atoms with E-state index in [0.29, 0.717) is 57.8 Å². The average molecular weight is 592 g/mol. The van der Waals surface area contributed by atoms with E-state index in [1.807, 2.05) is 60.7 Å². The third-order valence-electron chi connectivity index (χ3n) is 6.39. The van der Waals surface area contributed by atoms with Gasteiger partial charge in [0.05, 0.1) is 16.7 Å². The van der Waals surface area contributed by atoms with E-state index in [1.54, 1.807) is 12.1 Å². The molecular weight excluding hydrogens is 565 g/mol. The molecule has 8 nitrogen and oxygen atoms in total. The van der Waals surface area contributed by atoms with Crippen LogP contribution in [0.2, 0.25) is 10.0 Å². The van der Waals surface area contributed by atoms with Crippen molar-refractivity contribution < 1.29 is 23.6 Å². The third kappa shape index (κ3) is 6.97. The van der Waals surface area contributed by atoms with Crippen LogP contribution in [0.25, 0.3) is 22.2 Å². The summed E-state index contributed by atoms with van der Waals surface area (Å²) in [6.07, 6.45) is 2.03. The smallest absolute Gasteiger partial charge is 0.142 e. The van der Waals surface area contributed by atoms with Gasteiger partial charge in [-0.1, -0.05) is 59.6 Å². The van der Waals surface area contributed by atoms with E-state index in [1.165, 1.54) is 0 Å². The molecule has 0 radical (unpaired) electrons. The van der Waals surface area contributed by atoms with Gasteiger partial charge in [0.1, 0.15) is 47.8 Å². The second-order valence-electron chi connectivity index (χ2n) is 9.22. The van der Waals surface area contributed by atoms with Gasteiger partial charge in [-0.3, -0.25) is 0 Å². The predicted octanol–water partition coefficient (Wildman–Crippen LogP) is 7.17. The fourth-order valence-corrected chi connectivity index (χ4v) is 4.77. The number of benzene rings is 4. The molecule has 0 amide bonds. The van der Waals surface area contributed by atoms with E-state index in [-0.39, 0.29) is 19.8 Å². The predicted molar refractivity (Wildman–Crippen MR) is 157 cm³/mol. The Balaban J connectivity index is 1.30. The van der Waals surface area contributed by atoms with Crippen LogP contribution in [0, 0.1) is 0 Å². The summed E-state index contributed by atoms with van der Waals surface area (Å²) < 4.78 is 22.7. The molecule has 5 aromatic rings. The second kappa shape index (κ2) is 13.5. The lowest BCUT2D eigenvalue weighted by Crippen LogP contribution is -2.05. The minimum atomic E-state index is 0.186. The summed E-state index contributed by atoms with van der Waals surface area (Å²) in [6.45, 7) is 1.18. The van der Waals surface area contributed by atoms with Crippen molar-refractivity contribution in [2.24, 2.45) is 5.73 Å². The van der Waals surface area contributed by atoms with Crippen LogP contribution in [0.5, 0.6) is 17.2 Å². The molecule has 0 aliphatic carbocycles. The fourth-order valence-electron chi connectivity index (χ4n) is 4.24. The number of aldehydes is 1. The number of carbonyl (C=O) groups excluding carboxylic acids is 1. The number of unbranched alkanes of at least 4 members (excludes halogenated alkanes) is 1. The molecule has 0 atom stereocenters. The minimum Gasteiger partial charge on any atom is -0.494 e. The van der Waals surface area contributed by atoms with Gasteiger partial charge in [-0.2, -0.15) is 0 Å². The largest absolute Gasteiger partial charge is 0.494 e. The molecule has 0 spiro atoms. The van der Waals surface area contributed by atoms with Crippen LogP contribution in [-0.2, 0) is 24.6 Å². The number of fused-ring (bicyclic) bond motifs is 1. The first kappa shape index (κ1) is 28.4. The van der Waals surface area contributed by atoms with Crippen molar-refractivity contribution in [3.63, 3.8) is 0 Å². The van der Waals surface area contributed by atoms with Gasteiger partial charge >= 0.3 is 0 Å². The van der Waals surface area contributed by atoms with E-state index in [2.05, 4.69) is 10.3 Å². The molecule has 2 N–H and O–H groups in total. The molecule has 0 unspecified atom stereocenters. The van der Waals surface area contributed by atoms with Crippen LogP contribution >= 0.6 is 23.2 Å². The summed E-state index contributed by atoms with van der Waals surface area (Å²) in [6, 6.07) is 22.5. The van der Waals surface area contributed by atoms with Crippen molar-refractivity contribution in [3.8, 4) is 28.4 Å². The Morgan fingerprint density at radius 1 is 0.829 bits per heavy atom. The number of ether oxygens (including phenoxy) is 3. The second-order valence-corrected chi connectivity index (χ2v) is 10.0. The average Bonchev–Trinajstić information content (AvgIpc) is 3.47. The molecule has 5 rings (SSSR count). The first-order chi connectivity index (χ1) is 20.1. The van der Waals surface area contributed by atoms with Gasteiger partial charge in [-0.05, 0) is 58.2 Å². The summed E-state index contributed by atoms with van der Waals surface area (Å²) in [4.78, 5) is 10.5. The Labute approximate surface area is 246 Å². The van der Waals surface area contributed by atoms with Crippen molar-refractivity contribution >= 4 is 40.5 Å². The molecule has 0 fully saturated rings. The number of nitrogens with zero attached hydrogens (tertiary/aromatic N) is 2. The summed E-state index contributed by atoms with van der Waals surface area (Å²) in [5.41, 5.74) is 11.5. The van der Waals surface area contributed by atoms with Gasteiger partial charge in [0.2, 0.25) is 0 Å². The van der Waals surface area contributed by atoms with Crippen LogP contribution < -0.4 is 19.9 Å². The molecule has 1 heterocycles. The number of rotatable bonds is 13. The Kier molecular flexibility index (Phi) is 9.36. The monoisotopic (exact) mass is 591 g/mol. The van der Waals surface area contributed by atoms with Crippen LogP contribution in [0.15, 0.2) is 77.4 Å². The van der Waals surface area contributed by atoms with E-state index >= 15 is 0 Å². The zero-order valence-corrected chi connectivity index (χ0v) is 23.5. The van der Waals surface area contributed by atoms with Crippen molar-refractivity contribution in [2.75, 3.05) is 6.61 Å². The standard InChI is InChI=1S/C31H27Cl2N3O5/c32-26-15-23(17-34)29(39-18-20-9-10-27-28(13-20)36-41-35-27)16-30(26)40-19-22-6-4-8-25(31(22)33)21-5-3-7-24(14-21)38-12-2-1-11-37/h3-11,13-16H,1-2,12,17-19,34H2.